The average Bonchev–Trinajstić information content (AvgIpc) is 2.94. The van der Waals surface area contributed by atoms with E-state index < -0.39 is 9.84 Å². The summed E-state index contributed by atoms with van der Waals surface area (Å²) in [4.78, 5) is 14.6. The van der Waals surface area contributed by atoms with E-state index in [9.17, 15) is 13.2 Å². The zero-order chi connectivity index (χ0) is 13.5. The van der Waals surface area contributed by atoms with Crippen molar-refractivity contribution in [2.45, 2.75) is 44.2 Å². The van der Waals surface area contributed by atoms with E-state index >= 15 is 0 Å². The first kappa shape index (κ1) is 13.4. The minimum absolute atomic E-state index is 0.0416. The first-order valence-corrected chi connectivity index (χ1v) is 9.12. The molecule has 3 fully saturated rings. The fourth-order valence-corrected chi connectivity index (χ4v) is 5.46. The molecule has 0 saturated carbocycles. The van der Waals surface area contributed by atoms with E-state index in [1.54, 1.807) is 0 Å². The largest absolute Gasteiger partial charge is 0.351 e. The predicted octanol–water partition coefficient (Wildman–Crippen LogP) is 0.164. The van der Waals surface area contributed by atoms with Crippen LogP contribution in [0.25, 0.3) is 0 Å². The summed E-state index contributed by atoms with van der Waals surface area (Å²) >= 11 is 0. The van der Waals surface area contributed by atoms with E-state index in [4.69, 9.17) is 0 Å². The van der Waals surface area contributed by atoms with Gasteiger partial charge >= 0.3 is 0 Å². The number of carbonyl (C=O) groups excluding carboxylic acids is 1. The van der Waals surface area contributed by atoms with Crippen molar-refractivity contribution in [2.75, 3.05) is 24.6 Å². The summed E-state index contributed by atoms with van der Waals surface area (Å²) in [5.74, 6) is -0.147. The molecule has 108 valence electrons. The maximum Gasteiger partial charge on any atom is 0.224 e. The Labute approximate surface area is 114 Å². The van der Waals surface area contributed by atoms with Gasteiger partial charge in [-0.3, -0.25) is 9.69 Å². The van der Waals surface area contributed by atoms with Crippen LogP contribution in [0.2, 0.25) is 0 Å². The number of hydrogen-bond acceptors (Lipinski definition) is 4. The quantitative estimate of drug-likeness (QED) is 0.785. The number of hydrogen-bond donors (Lipinski definition) is 1. The van der Waals surface area contributed by atoms with Crippen molar-refractivity contribution in [3.05, 3.63) is 0 Å². The number of carbonyl (C=O) groups is 1. The Bertz CT molecular complexity index is 463. The second kappa shape index (κ2) is 5.05. The van der Waals surface area contributed by atoms with Gasteiger partial charge < -0.3 is 5.32 Å². The van der Waals surface area contributed by atoms with Gasteiger partial charge in [-0.05, 0) is 32.2 Å². The van der Waals surface area contributed by atoms with Crippen molar-refractivity contribution in [1.29, 1.82) is 0 Å². The van der Waals surface area contributed by atoms with E-state index in [1.807, 2.05) is 0 Å². The molecule has 3 heterocycles. The van der Waals surface area contributed by atoms with Gasteiger partial charge in [-0.15, -0.1) is 0 Å². The Morgan fingerprint density at radius 3 is 2.68 bits per heavy atom. The zero-order valence-electron chi connectivity index (χ0n) is 11.2. The van der Waals surface area contributed by atoms with Crippen LogP contribution in [0.1, 0.15) is 32.1 Å². The molecule has 3 aliphatic rings. The highest BCUT2D eigenvalue weighted by Crippen LogP contribution is 2.28. The molecule has 0 bridgehead atoms. The van der Waals surface area contributed by atoms with Crippen LogP contribution in [0.3, 0.4) is 0 Å². The first-order valence-electron chi connectivity index (χ1n) is 7.30. The number of sulfone groups is 1. The smallest absolute Gasteiger partial charge is 0.224 e. The number of rotatable bonds is 2. The predicted molar refractivity (Wildman–Crippen MR) is 72.5 cm³/mol. The highest BCUT2D eigenvalue weighted by atomic mass is 32.2. The Hall–Kier alpha value is -0.620. The molecule has 0 aromatic heterocycles. The van der Waals surface area contributed by atoms with Gasteiger partial charge in [0.2, 0.25) is 5.91 Å². The fraction of sp³-hybridized carbons (Fsp3) is 0.923. The van der Waals surface area contributed by atoms with Gasteiger partial charge in [0.15, 0.2) is 9.84 Å². The van der Waals surface area contributed by atoms with Gasteiger partial charge in [-0.25, -0.2) is 8.42 Å². The summed E-state index contributed by atoms with van der Waals surface area (Å²) in [5, 5.41) is 3.11. The summed E-state index contributed by atoms with van der Waals surface area (Å²) in [6, 6.07) is 0.715. The molecule has 0 radical (unpaired) electrons. The second-order valence-electron chi connectivity index (χ2n) is 6.10. The Balaban J connectivity index is 1.58. The molecule has 3 rings (SSSR count). The molecular formula is C13H22N2O3S. The topological polar surface area (TPSA) is 66.5 Å². The van der Waals surface area contributed by atoms with Crippen LogP contribution < -0.4 is 5.32 Å². The van der Waals surface area contributed by atoms with E-state index in [2.05, 4.69) is 10.2 Å². The Morgan fingerprint density at radius 1 is 1.11 bits per heavy atom. The Morgan fingerprint density at radius 2 is 1.95 bits per heavy atom. The highest BCUT2D eigenvalue weighted by Gasteiger charge is 2.39. The maximum absolute atomic E-state index is 12.2. The lowest BCUT2D eigenvalue weighted by Crippen LogP contribution is -2.48. The number of nitrogens with zero attached hydrogens (tertiary/aromatic N) is 1. The minimum Gasteiger partial charge on any atom is -0.351 e. The average molecular weight is 286 g/mol. The lowest BCUT2D eigenvalue weighted by molar-refractivity contribution is -0.125. The Kier molecular flexibility index (Phi) is 3.55. The van der Waals surface area contributed by atoms with Crippen LogP contribution in [-0.2, 0) is 14.6 Å². The highest BCUT2D eigenvalue weighted by molar-refractivity contribution is 7.91. The summed E-state index contributed by atoms with van der Waals surface area (Å²) in [6.07, 6.45) is 5.17. The number of nitrogens with one attached hydrogen (secondary N) is 1. The van der Waals surface area contributed by atoms with Crippen molar-refractivity contribution in [3.63, 3.8) is 0 Å². The van der Waals surface area contributed by atoms with Gasteiger partial charge in [0, 0.05) is 18.6 Å². The van der Waals surface area contributed by atoms with Crippen LogP contribution in [0.5, 0.6) is 0 Å². The molecule has 0 aliphatic carbocycles. The summed E-state index contributed by atoms with van der Waals surface area (Å²) in [5.41, 5.74) is 0. The van der Waals surface area contributed by atoms with Crippen molar-refractivity contribution in [1.82, 2.24) is 10.2 Å². The third-order valence-electron chi connectivity index (χ3n) is 4.79. The van der Waals surface area contributed by atoms with Crippen molar-refractivity contribution < 1.29 is 13.2 Å². The van der Waals surface area contributed by atoms with Gasteiger partial charge in [-0.2, -0.15) is 0 Å². The fourth-order valence-electron chi connectivity index (χ4n) is 3.72. The number of piperidine rings is 1. The molecule has 6 heteroatoms. The van der Waals surface area contributed by atoms with Crippen molar-refractivity contribution in [3.8, 4) is 0 Å². The summed E-state index contributed by atoms with van der Waals surface area (Å²) in [7, 11) is -2.97. The molecule has 0 spiro atoms. The van der Waals surface area contributed by atoms with E-state index in [1.165, 1.54) is 12.8 Å². The van der Waals surface area contributed by atoms with E-state index in [0.717, 1.165) is 25.9 Å². The molecule has 0 aromatic rings. The molecule has 3 aliphatic heterocycles. The van der Waals surface area contributed by atoms with Crippen LogP contribution in [0.4, 0.5) is 0 Å². The van der Waals surface area contributed by atoms with Gasteiger partial charge in [0.1, 0.15) is 0 Å². The number of amides is 1. The van der Waals surface area contributed by atoms with Crippen molar-refractivity contribution >= 4 is 15.7 Å². The first-order chi connectivity index (χ1) is 9.05. The minimum atomic E-state index is -2.97. The second-order valence-corrected chi connectivity index (χ2v) is 8.33. The SMILES string of the molecule is O=C(N[C@@H]1CCN2CCCC[C@H]12)[C@H]1CCS(=O)(=O)C1. The molecule has 3 saturated heterocycles. The van der Waals surface area contributed by atoms with Gasteiger partial charge in [0.05, 0.1) is 17.4 Å². The molecular weight excluding hydrogens is 264 g/mol. The van der Waals surface area contributed by atoms with Crippen LogP contribution in [-0.4, -0.2) is 55.9 Å². The third kappa shape index (κ3) is 2.79. The number of fused-ring (bicyclic) bond motifs is 1. The van der Waals surface area contributed by atoms with E-state index in [0.29, 0.717) is 12.5 Å². The molecule has 1 N–H and O–H groups in total. The molecule has 3 atom stereocenters. The van der Waals surface area contributed by atoms with Crippen LogP contribution in [0, 0.1) is 5.92 Å². The van der Waals surface area contributed by atoms with Crippen LogP contribution >= 0.6 is 0 Å². The molecule has 5 nitrogen and oxygen atoms in total. The van der Waals surface area contributed by atoms with Gasteiger partial charge in [0.25, 0.3) is 0 Å². The zero-order valence-corrected chi connectivity index (χ0v) is 12.0. The standard InChI is InChI=1S/C13H22N2O3S/c16-13(10-5-8-19(17,18)9-10)14-11-4-7-15-6-2-1-3-12(11)15/h10-12H,1-9H2,(H,14,16)/t10-,11+,12+/m0/s1. The van der Waals surface area contributed by atoms with E-state index in [-0.39, 0.29) is 29.4 Å². The van der Waals surface area contributed by atoms with Crippen molar-refractivity contribution in [2.24, 2.45) is 5.92 Å². The van der Waals surface area contributed by atoms with Crippen LogP contribution in [0.15, 0.2) is 0 Å². The monoisotopic (exact) mass is 286 g/mol. The molecule has 0 unspecified atom stereocenters. The summed E-state index contributed by atoms with van der Waals surface area (Å²) < 4.78 is 22.8. The maximum atomic E-state index is 12.2. The lowest BCUT2D eigenvalue weighted by Gasteiger charge is -2.32. The third-order valence-corrected chi connectivity index (χ3v) is 6.55. The summed E-state index contributed by atoms with van der Waals surface area (Å²) in [6.45, 7) is 2.22. The molecule has 0 aromatic carbocycles. The molecule has 19 heavy (non-hydrogen) atoms. The lowest BCUT2D eigenvalue weighted by atomic mass is 9.98. The van der Waals surface area contributed by atoms with Gasteiger partial charge in [-0.1, -0.05) is 6.42 Å². The molecule has 1 amide bonds. The normalized spacial score (nSPS) is 38.0.